The molecule has 5 nitrogen and oxygen atoms in total. The van der Waals surface area contributed by atoms with Crippen LogP contribution in [-0.2, 0) is 19.9 Å². The van der Waals surface area contributed by atoms with E-state index in [2.05, 4.69) is 0 Å². The molecule has 1 amide bonds. The number of methoxy groups -OCH3 is 1. The third-order valence-corrected chi connectivity index (χ3v) is 6.12. The first-order valence-corrected chi connectivity index (χ1v) is 10.9. The molecule has 0 saturated carbocycles. The number of amides is 1. The van der Waals surface area contributed by atoms with Crippen LogP contribution in [-0.4, -0.2) is 55.9 Å². The molecular formula is C24H29ClFNO4. The van der Waals surface area contributed by atoms with Gasteiger partial charge in [-0.1, -0.05) is 35.4 Å². The predicted octanol–water partition coefficient (Wildman–Crippen LogP) is 4.32. The Bertz CT molecular complexity index is 909. The second-order valence-electron chi connectivity index (χ2n) is 7.98. The van der Waals surface area contributed by atoms with Crippen LogP contribution in [0.15, 0.2) is 36.4 Å². The number of unbranched alkanes of at least 4 members (excludes halogenated alkanes) is 1. The van der Waals surface area contributed by atoms with E-state index in [0.29, 0.717) is 54.3 Å². The Labute approximate surface area is 187 Å². The molecule has 0 spiro atoms. The number of hydrogen-bond acceptors (Lipinski definition) is 4. The van der Waals surface area contributed by atoms with E-state index in [9.17, 15) is 14.3 Å². The summed E-state index contributed by atoms with van der Waals surface area (Å²) in [5.74, 6) is -0.416. The van der Waals surface area contributed by atoms with Crippen molar-refractivity contribution in [2.75, 3.05) is 33.4 Å². The van der Waals surface area contributed by atoms with Crippen molar-refractivity contribution in [3.05, 3.63) is 58.4 Å². The zero-order valence-electron chi connectivity index (χ0n) is 17.9. The number of halogens is 2. The van der Waals surface area contributed by atoms with Crippen LogP contribution in [0.25, 0.3) is 11.1 Å². The SMILES string of the molecule is COCCCC[C@@](O)(c1cccc(Cl)c1-c1cc(C)ccc1F)[C@H]1CN(C=O)CCO1. The molecule has 1 N–H and O–H groups in total. The van der Waals surface area contributed by atoms with Gasteiger partial charge in [0, 0.05) is 43.0 Å². The number of carbonyl (C=O) groups is 1. The molecule has 2 aromatic carbocycles. The van der Waals surface area contributed by atoms with Gasteiger partial charge >= 0.3 is 0 Å². The first-order chi connectivity index (χ1) is 14.9. The molecule has 0 bridgehead atoms. The van der Waals surface area contributed by atoms with Crippen LogP contribution >= 0.6 is 11.6 Å². The fourth-order valence-corrected chi connectivity index (χ4v) is 4.43. The van der Waals surface area contributed by atoms with Crippen molar-refractivity contribution >= 4 is 18.0 Å². The molecule has 1 fully saturated rings. The minimum Gasteiger partial charge on any atom is -0.385 e. The Kier molecular flexibility index (Phi) is 8.06. The Morgan fingerprint density at radius 2 is 2.16 bits per heavy atom. The normalized spacial score (nSPS) is 18.6. The summed E-state index contributed by atoms with van der Waals surface area (Å²) in [6.07, 6.45) is 1.86. The van der Waals surface area contributed by atoms with E-state index in [-0.39, 0.29) is 6.54 Å². The number of ether oxygens (including phenoxy) is 2. The number of rotatable bonds is 9. The molecule has 168 valence electrons. The van der Waals surface area contributed by atoms with Crippen molar-refractivity contribution in [1.29, 1.82) is 0 Å². The number of nitrogens with zero attached hydrogens (tertiary/aromatic N) is 1. The van der Waals surface area contributed by atoms with Gasteiger partial charge in [0.2, 0.25) is 6.41 Å². The minimum absolute atomic E-state index is 0.243. The highest BCUT2D eigenvalue weighted by Crippen LogP contribution is 2.43. The third-order valence-electron chi connectivity index (χ3n) is 5.81. The number of carbonyl (C=O) groups excluding carboxylic acids is 1. The van der Waals surface area contributed by atoms with Crippen molar-refractivity contribution < 1.29 is 23.8 Å². The summed E-state index contributed by atoms with van der Waals surface area (Å²) in [5, 5.41) is 12.4. The molecule has 0 aromatic heterocycles. The van der Waals surface area contributed by atoms with Gasteiger partial charge in [-0.25, -0.2) is 4.39 Å². The van der Waals surface area contributed by atoms with Gasteiger partial charge in [-0.15, -0.1) is 0 Å². The average Bonchev–Trinajstić information content (AvgIpc) is 2.78. The highest BCUT2D eigenvalue weighted by atomic mass is 35.5. The van der Waals surface area contributed by atoms with Crippen molar-refractivity contribution in [3.8, 4) is 11.1 Å². The molecule has 7 heteroatoms. The van der Waals surface area contributed by atoms with Gasteiger partial charge in [0.1, 0.15) is 17.5 Å². The van der Waals surface area contributed by atoms with Gasteiger partial charge < -0.3 is 19.5 Å². The minimum atomic E-state index is -1.47. The second kappa shape index (κ2) is 10.6. The number of morpholine rings is 1. The van der Waals surface area contributed by atoms with Crippen LogP contribution in [0.4, 0.5) is 4.39 Å². The maximum absolute atomic E-state index is 14.9. The van der Waals surface area contributed by atoms with Crippen molar-refractivity contribution in [1.82, 2.24) is 4.90 Å². The average molecular weight is 450 g/mol. The zero-order chi connectivity index (χ0) is 22.4. The Morgan fingerprint density at radius 1 is 1.35 bits per heavy atom. The molecule has 1 aliphatic heterocycles. The van der Waals surface area contributed by atoms with Gasteiger partial charge in [0.25, 0.3) is 0 Å². The molecule has 1 saturated heterocycles. The largest absolute Gasteiger partial charge is 0.385 e. The molecule has 2 aromatic rings. The predicted molar refractivity (Wildman–Crippen MR) is 119 cm³/mol. The molecule has 1 aliphatic rings. The number of hydrogen-bond donors (Lipinski definition) is 1. The number of aliphatic hydroxyl groups is 1. The summed E-state index contributed by atoms with van der Waals surface area (Å²) >= 11 is 6.57. The molecule has 3 rings (SSSR count). The van der Waals surface area contributed by atoms with Crippen molar-refractivity contribution in [3.63, 3.8) is 0 Å². The zero-order valence-corrected chi connectivity index (χ0v) is 18.7. The lowest BCUT2D eigenvalue weighted by Crippen LogP contribution is -2.52. The summed E-state index contributed by atoms with van der Waals surface area (Å²) in [4.78, 5) is 13.0. The van der Waals surface area contributed by atoms with Crippen molar-refractivity contribution in [2.24, 2.45) is 0 Å². The molecule has 2 atom stereocenters. The fourth-order valence-electron chi connectivity index (χ4n) is 4.15. The highest BCUT2D eigenvalue weighted by Gasteiger charge is 2.43. The molecular weight excluding hydrogens is 421 g/mol. The fraction of sp³-hybridized carbons (Fsp3) is 0.458. The Balaban J connectivity index is 2.11. The van der Waals surface area contributed by atoms with Crippen LogP contribution < -0.4 is 0 Å². The summed E-state index contributed by atoms with van der Waals surface area (Å²) < 4.78 is 26.0. The van der Waals surface area contributed by atoms with Gasteiger partial charge in [-0.2, -0.15) is 0 Å². The van der Waals surface area contributed by atoms with E-state index < -0.39 is 17.5 Å². The molecule has 0 aliphatic carbocycles. The first-order valence-electron chi connectivity index (χ1n) is 10.5. The van der Waals surface area contributed by atoms with E-state index >= 15 is 0 Å². The van der Waals surface area contributed by atoms with Crippen LogP contribution in [0.5, 0.6) is 0 Å². The van der Waals surface area contributed by atoms with E-state index in [1.54, 1.807) is 42.3 Å². The monoisotopic (exact) mass is 449 g/mol. The lowest BCUT2D eigenvalue weighted by atomic mass is 9.78. The molecule has 1 heterocycles. The topological polar surface area (TPSA) is 59.0 Å². The standard InChI is InChI=1S/C24H29ClFNO4/c1-17-8-9-21(26)18(14-17)23-19(6-5-7-20(23)25)24(29,10-3-4-12-30-2)22-15-27(16-28)11-13-31-22/h5-9,14,16,22,29H,3-4,10-13,15H2,1-2H3/t22-,24-/m1/s1. The molecule has 0 radical (unpaired) electrons. The summed E-state index contributed by atoms with van der Waals surface area (Å²) in [5.41, 5.74) is 0.697. The second-order valence-corrected chi connectivity index (χ2v) is 8.39. The lowest BCUT2D eigenvalue weighted by Gasteiger charge is -2.42. The van der Waals surface area contributed by atoms with Crippen LogP contribution in [0.1, 0.15) is 30.4 Å². The van der Waals surface area contributed by atoms with Crippen LogP contribution in [0, 0.1) is 12.7 Å². The van der Waals surface area contributed by atoms with Gasteiger partial charge in [-0.05, 0) is 49.9 Å². The summed E-state index contributed by atoms with van der Waals surface area (Å²) in [6.45, 7) is 3.47. The Hall–Kier alpha value is -1.99. The highest BCUT2D eigenvalue weighted by molar-refractivity contribution is 6.33. The smallest absolute Gasteiger partial charge is 0.209 e. The first kappa shape index (κ1) is 23.7. The molecule has 0 unspecified atom stereocenters. The maximum atomic E-state index is 14.9. The van der Waals surface area contributed by atoms with E-state index in [1.807, 2.05) is 6.92 Å². The Morgan fingerprint density at radius 3 is 2.90 bits per heavy atom. The maximum Gasteiger partial charge on any atom is 0.209 e. The van der Waals surface area contributed by atoms with E-state index in [4.69, 9.17) is 21.1 Å². The lowest BCUT2D eigenvalue weighted by molar-refractivity contribution is -0.158. The summed E-state index contributed by atoms with van der Waals surface area (Å²) in [6, 6.07) is 10.0. The summed E-state index contributed by atoms with van der Waals surface area (Å²) in [7, 11) is 1.63. The number of aryl methyl sites for hydroxylation is 1. The quantitative estimate of drug-likeness (QED) is 0.457. The van der Waals surface area contributed by atoms with E-state index in [0.717, 1.165) is 18.4 Å². The van der Waals surface area contributed by atoms with E-state index in [1.165, 1.54) is 6.07 Å². The van der Waals surface area contributed by atoms with Gasteiger partial charge in [0.05, 0.1) is 6.61 Å². The van der Waals surface area contributed by atoms with Crippen LogP contribution in [0.3, 0.4) is 0 Å². The third kappa shape index (κ3) is 5.26. The van der Waals surface area contributed by atoms with Crippen molar-refractivity contribution in [2.45, 2.75) is 37.9 Å². The molecule has 31 heavy (non-hydrogen) atoms. The van der Waals surface area contributed by atoms with Gasteiger partial charge in [-0.3, -0.25) is 4.79 Å². The van der Waals surface area contributed by atoms with Gasteiger partial charge in [0.15, 0.2) is 0 Å². The number of benzene rings is 2. The van der Waals surface area contributed by atoms with Crippen LogP contribution in [0.2, 0.25) is 5.02 Å².